The lowest BCUT2D eigenvalue weighted by molar-refractivity contribution is 0.122. The van der Waals surface area contributed by atoms with E-state index in [1.165, 1.54) is 11.3 Å². The Labute approximate surface area is 116 Å². The van der Waals surface area contributed by atoms with Gasteiger partial charge >= 0.3 is 0 Å². The van der Waals surface area contributed by atoms with Crippen LogP contribution >= 0.6 is 0 Å². The highest BCUT2D eigenvalue weighted by Crippen LogP contribution is 2.29. The number of anilines is 1. The topological polar surface area (TPSA) is 38.2 Å². The van der Waals surface area contributed by atoms with Gasteiger partial charge in [0.1, 0.15) is 0 Å². The molecule has 1 aromatic rings. The van der Waals surface area contributed by atoms with Gasteiger partial charge in [0, 0.05) is 19.3 Å². The minimum atomic E-state index is 0.0865. The monoisotopic (exact) mass is 263 g/mol. The first-order valence-corrected chi connectivity index (χ1v) is 7.09. The van der Waals surface area contributed by atoms with Crippen LogP contribution in [-0.4, -0.2) is 36.3 Å². The Kier molecular flexibility index (Phi) is 4.09. The molecule has 2 rings (SSSR count). The highest BCUT2D eigenvalue weighted by Gasteiger charge is 2.23. The molecular weight excluding hydrogens is 238 g/mol. The maximum Gasteiger partial charge on any atom is 0.225 e. The predicted molar refractivity (Wildman–Crippen MR) is 77.9 cm³/mol. The zero-order valence-corrected chi connectivity index (χ0v) is 12.7. The number of nitrogens with zero attached hydrogens (tertiary/aromatic N) is 3. The summed E-state index contributed by atoms with van der Waals surface area (Å²) in [6.45, 7) is 14.3. The lowest BCUT2D eigenvalue weighted by Gasteiger charge is -2.29. The number of ether oxygens (including phenoxy) is 1. The molecule has 0 bridgehead atoms. The Morgan fingerprint density at radius 3 is 2.37 bits per heavy atom. The molecule has 1 fully saturated rings. The summed E-state index contributed by atoms with van der Waals surface area (Å²) in [5.41, 5.74) is 2.51. The SMILES string of the molecule is CC(C)c1nc(N2CCOCC2)ncc1C(C)(C)C. The van der Waals surface area contributed by atoms with Crippen molar-refractivity contribution in [1.82, 2.24) is 9.97 Å². The second kappa shape index (κ2) is 5.45. The Morgan fingerprint density at radius 1 is 1.21 bits per heavy atom. The molecular formula is C15H25N3O. The van der Waals surface area contributed by atoms with Crippen molar-refractivity contribution in [1.29, 1.82) is 0 Å². The van der Waals surface area contributed by atoms with Gasteiger partial charge in [-0.25, -0.2) is 9.97 Å². The lowest BCUT2D eigenvalue weighted by Crippen LogP contribution is -2.37. The van der Waals surface area contributed by atoms with Crippen molar-refractivity contribution in [3.05, 3.63) is 17.5 Å². The van der Waals surface area contributed by atoms with Crippen molar-refractivity contribution in [3.63, 3.8) is 0 Å². The Morgan fingerprint density at radius 2 is 1.84 bits per heavy atom. The van der Waals surface area contributed by atoms with Crippen LogP contribution in [0.4, 0.5) is 5.95 Å². The fourth-order valence-electron chi connectivity index (χ4n) is 2.32. The molecule has 0 atom stereocenters. The molecule has 19 heavy (non-hydrogen) atoms. The van der Waals surface area contributed by atoms with E-state index in [-0.39, 0.29) is 5.41 Å². The Bertz CT molecular complexity index is 432. The molecule has 106 valence electrons. The molecule has 0 aliphatic carbocycles. The summed E-state index contributed by atoms with van der Waals surface area (Å²) < 4.78 is 5.38. The molecule has 1 aromatic heterocycles. The van der Waals surface area contributed by atoms with Crippen LogP contribution in [0, 0.1) is 0 Å². The summed E-state index contributed by atoms with van der Waals surface area (Å²) in [5.74, 6) is 1.26. The van der Waals surface area contributed by atoms with Crippen LogP contribution in [0.5, 0.6) is 0 Å². The minimum Gasteiger partial charge on any atom is -0.378 e. The minimum absolute atomic E-state index is 0.0865. The van der Waals surface area contributed by atoms with Gasteiger partial charge in [-0.1, -0.05) is 34.6 Å². The molecule has 2 heterocycles. The quantitative estimate of drug-likeness (QED) is 0.822. The Balaban J connectivity index is 2.35. The summed E-state index contributed by atoms with van der Waals surface area (Å²) >= 11 is 0. The standard InChI is InChI=1S/C15H25N3O/c1-11(2)13-12(15(3,4)5)10-16-14(17-13)18-6-8-19-9-7-18/h10-11H,6-9H2,1-5H3. The molecule has 1 aliphatic rings. The van der Waals surface area contributed by atoms with E-state index in [0.29, 0.717) is 5.92 Å². The lowest BCUT2D eigenvalue weighted by atomic mass is 9.84. The summed E-state index contributed by atoms with van der Waals surface area (Å²) in [6.07, 6.45) is 2.01. The van der Waals surface area contributed by atoms with Gasteiger partial charge in [0.15, 0.2) is 0 Å². The maximum atomic E-state index is 5.38. The van der Waals surface area contributed by atoms with E-state index in [2.05, 4.69) is 44.5 Å². The number of aromatic nitrogens is 2. The summed E-state index contributed by atoms with van der Waals surface area (Å²) in [5, 5.41) is 0. The van der Waals surface area contributed by atoms with Crippen molar-refractivity contribution in [2.24, 2.45) is 0 Å². The molecule has 0 radical (unpaired) electrons. The van der Waals surface area contributed by atoms with Gasteiger partial charge in [-0.3, -0.25) is 0 Å². The summed E-state index contributed by atoms with van der Waals surface area (Å²) in [7, 11) is 0. The van der Waals surface area contributed by atoms with Crippen molar-refractivity contribution in [2.75, 3.05) is 31.2 Å². The number of hydrogen-bond acceptors (Lipinski definition) is 4. The van der Waals surface area contributed by atoms with Crippen LogP contribution in [0.3, 0.4) is 0 Å². The van der Waals surface area contributed by atoms with Gasteiger partial charge in [-0.15, -0.1) is 0 Å². The molecule has 4 nitrogen and oxygen atoms in total. The van der Waals surface area contributed by atoms with E-state index >= 15 is 0 Å². The third kappa shape index (κ3) is 3.24. The first-order chi connectivity index (χ1) is 8.89. The third-order valence-corrected chi connectivity index (χ3v) is 3.45. The molecule has 1 saturated heterocycles. The molecule has 4 heteroatoms. The largest absolute Gasteiger partial charge is 0.378 e. The molecule has 0 unspecified atom stereocenters. The van der Waals surface area contributed by atoms with Crippen LogP contribution in [0.25, 0.3) is 0 Å². The first kappa shape index (κ1) is 14.3. The van der Waals surface area contributed by atoms with Crippen LogP contribution < -0.4 is 4.90 Å². The van der Waals surface area contributed by atoms with Gasteiger partial charge in [-0.05, 0) is 16.9 Å². The van der Waals surface area contributed by atoms with Crippen LogP contribution in [0.2, 0.25) is 0 Å². The Hall–Kier alpha value is -1.16. The van der Waals surface area contributed by atoms with Crippen molar-refractivity contribution >= 4 is 5.95 Å². The van der Waals surface area contributed by atoms with Gasteiger partial charge < -0.3 is 9.64 Å². The van der Waals surface area contributed by atoms with E-state index < -0.39 is 0 Å². The van der Waals surface area contributed by atoms with E-state index in [4.69, 9.17) is 9.72 Å². The smallest absolute Gasteiger partial charge is 0.225 e. The molecule has 0 saturated carbocycles. The van der Waals surface area contributed by atoms with Crippen molar-refractivity contribution < 1.29 is 4.74 Å². The van der Waals surface area contributed by atoms with E-state index in [0.717, 1.165) is 32.3 Å². The van der Waals surface area contributed by atoms with Crippen molar-refractivity contribution in [3.8, 4) is 0 Å². The first-order valence-electron chi connectivity index (χ1n) is 7.09. The average molecular weight is 263 g/mol. The van der Waals surface area contributed by atoms with E-state index in [1.807, 2.05) is 6.20 Å². The van der Waals surface area contributed by atoms with E-state index in [1.54, 1.807) is 0 Å². The van der Waals surface area contributed by atoms with E-state index in [9.17, 15) is 0 Å². The van der Waals surface area contributed by atoms with Gasteiger partial charge in [0.05, 0.1) is 18.9 Å². The second-order valence-electron chi connectivity index (χ2n) is 6.47. The van der Waals surface area contributed by atoms with Crippen molar-refractivity contribution in [2.45, 2.75) is 46.0 Å². The molecule has 1 aliphatic heterocycles. The predicted octanol–water partition coefficient (Wildman–Crippen LogP) is 2.73. The van der Waals surface area contributed by atoms with Crippen LogP contribution in [0.1, 0.15) is 51.8 Å². The second-order valence-corrected chi connectivity index (χ2v) is 6.47. The number of hydrogen-bond donors (Lipinski definition) is 0. The van der Waals surface area contributed by atoms with Gasteiger partial charge in [-0.2, -0.15) is 0 Å². The maximum absolute atomic E-state index is 5.38. The fourth-order valence-corrected chi connectivity index (χ4v) is 2.32. The number of morpholine rings is 1. The molecule has 0 N–H and O–H groups in total. The summed E-state index contributed by atoms with van der Waals surface area (Å²) in [4.78, 5) is 11.6. The summed E-state index contributed by atoms with van der Waals surface area (Å²) in [6, 6.07) is 0. The highest BCUT2D eigenvalue weighted by atomic mass is 16.5. The average Bonchev–Trinajstić information content (AvgIpc) is 2.38. The fraction of sp³-hybridized carbons (Fsp3) is 0.733. The van der Waals surface area contributed by atoms with Gasteiger partial charge in [0.25, 0.3) is 0 Å². The zero-order valence-electron chi connectivity index (χ0n) is 12.7. The van der Waals surface area contributed by atoms with Crippen LogP contribution in [-0.2, 0) is 10.2 Å². The zero-order chi connectivity index (χ0) is 14.0. The normalized spacial score (nSPS) is 17.1. The third-order valence-electron chi connectivity index (χ3n) is 3.45. The molecule has 0 aromatic carbocycles. The van der Waals surface area contributed by atoms with Crippen LogP contribution in [0.15, 0.2) is 6.20 Å². The molecule has 0 spiro atoms. The molecule has 0 amide bonds. The highest BCUT2D eigenvalue weighted by molar-refractivity contribution is 5.37. The number of rotatable bonds is 2. The van der Waals surface area contributed by atoms with Gasteiger partial charge in [0.2, 0.25) is 5.95 Å².